The van der Waals surface area contributed by atoms with E-state index in [-0.39, 0.29) is 18.0 Å². The fourth-order valence-corrected chi connectivity index (χ4v) is 2.06. The third-order valence-corrected chi connectivity index (χ3v) is 3.04. The SMILES string of the molecule is CCNC(=NCC(=O)NC(C)(C)C)NCc1cc(C(=O)OC)c(C)o1. The number of furan rings is 1. The minimum absolute atomic E-state index is 0.0111. The molecule has 0 saturated carbocycles. The first-order chi connectivity index (χ1) is 11.7. The second-order valence-electron chi connectivity index (χ2n) is 6.52. The zero-order valence-electron chi connectivity index (χ0n) is 15.8. The Labute approximate surface area is 148 Å². The van der Waals surface area contributed by atoms with E-state index in [1.54, 1.807) is 13.0 Å². The first kappa shape index (κ1) is 20.5. The molecule has 1 heterocycles. The van der Waals surface area contributed by atoms with Crippen LogP contribution in [0.1, 0.15) is 49.6 Å². The van der Waals surface area contributed by atoms with Gasteiger partial charge in [-0.25, -0.2) is 9.79 Å². The maximum Gasteiger partial charge on any atom is 0.341 e. The van der Waals surface area contributed by atoms with Gasteiger partial charge in [-0.05, 0) is 40.7 Å². The average Bonchev–Trinajstić information content (AvgIpc) is 2.88. The largest absolute Gasteiger partial charge is 0.465 e. The number of ether oxygens (including phenoxy) is 1. The van der Waals surface area contributed by atoms with E-state index in [1.165, 1.54) is 7.11 Å². The van der Waals surface area contributed by atoms with Crippen molar-refractivity contribution in [3.8, 4) is 0 Å². The van der Waals surface area contributed by atoms with Crippen LogP contribution >= 0.6 is 0 Å². The second kappa shape index (κ2) is 9.10. The Morgan fingerprint density at radius 3 is 2.52 bits per heavy atom. The molecule has 0 aromatic carbocycles. The molecule has 0 aliphatic carbocycles. The number of methoxy groups -OCH3 is 1. The molecule has 0 radical (unpaired) electrons. The molecule has 8 nitrogen and oxygen atoms in total. The maximum atomic E-state index is 11.9. The normalized spacial score (nSPS) is 11.8. The van der Waals surface area contributed by atoms with Crippen LogP contribution in [0, 0.1) is 6.92 Å². The van der Waals surface area contributed by atoms with Crippen molar-refractivity contribution in [1.82, 2.24) is 16.0 Å². The molecule has 0 fully saturated rings. The Balaban J connectivity index is 2.68. The van der Waals surface area contributed by atoms with Gasteiger partial charge in [0.2, 0.25) is 5.91 Å². The van der Waals surface area contributed by atoms with E-state index in [0.717, 1.165) is 0 Å². The van der Waals surface area contributed by atoms with Crippen molar-refractivity contribution in [2.75, 3.05) is 20.2 Å². The van der Waals surface area contributed by atoms with Gasteiger partial charge in [0.25, 0.3) is 0 Å². The number of guanidine groups is 1. The zero-order valence-corrected chi connectivity index (χ0v) is 15.8. The molecular weight excluding hydrogens is 324 g/mol. The standard InChI is InChI=1S/C17H28N4O4/c1-7-18-16(20-10-14(22)21-17(3,4)5)19-9-12-8-13(11(2)25-12)15(23)24-6/h8H,7,9-10H2,1-6H3,(H,21,22)(H2,18,19,20). The number of hydrogen-bond donors (Lipinski definition) is 3. The Hall–Kier alpha value is -2.51. The quantitative estimate of drug-likeness (QED) is 0.405. The number of hydrogen-bond acceptors (Lipinski definition) is 5. The minimum Gasteiger partial charge on any atom is -0.465 e. The molecule has 3 N–H and O–H groups in total. The van der Waals surface area contributed by atoms with Crippen molar-refractivity contribution in [1.29, 1.82) is 0 Å². The highest BCUT2D eigenvalue weighted by Gasteiger charge is 2.16. The van der Waals surface area contributed by atoms with E-state index >= 15 is 0 Å². The van der Waals surface area contributed by atoms with Gasteiger partial charge < -0.3 is 25.1 Å². The molecule has 1 rings (SSSR count). The number of carbonyl (C=O) groups excluding carboxylic acids is 2. The van der Waals surface area contributed by atoms with Crippen molar-refractivity contribution in [3.05, 3.63) is 23.2 Å². The van der Waals surface area contributed by atoms with Crippen LogP contribution in [0.5, 0.6) is 0 Å². The van der Waals surface area contributed by atoms with Crippen LogP contribution in [-0.2, 0) is 16.1 Å². The summed E-state index contributed by atoms with van der Waals surface area (Å²) in [5.74, 6) is 0.955. The third kappa shape index (κ3) is 7.28. The van der Waals surface area contributed by atoms with Crippen molar-refractivity contribution in [3.63, 3.8) is 0 Å². The highest BCUT2D eigenvalue weighted by molar-refractivity contribution is 5.90. The lowest BCUT2D eigenvalue weighted by Gasteiger charge is -2.20. The summed E-state index contributed by atoms with van der Waals surface area (Å²) in [7, 11) is 1.32. The molecule has 0 unspecified atom stereocenters. The number of aliphatic imine (C=N–C) groups is 1. The fraction of sp³-hybridized carbons (Fsp3) is 0.588. The highest BCUT2D eigenvalue weighted by Crippen LogP contribution is 2.15. The molecule has 0 bridgehead atoms. The summed E-state index contributed by atoms with van der Waals surface area (Å²) in [4.78, 5) is 27.7. The first-order valence-electron chi connectivity index (χ1n) is 8.17. The smallest absolute Gasteiger partial charge is 0.341 e. The van der Waals surface area contributed by atoms with Gasteiger partial charge in [-0.2, -0.15) is 0 Å². The molecule has 0 aliphatic heterocycles. The van der Waals surface area contributed by atoms with Crippen LogP contribution in [0.4, 0.5) is 0 Å². The maximum absolute atomic E-state index is 11.9. The van der Waals surface area contributed by atoms with Crippen LogP contribution in [-0.4, -0.2) is 43.6 Å². The summed E-state index contributed by atoms with van der Waals surface area (Å²) in [5, 5.41) is 8.97. The van der Waals surface area contributed by atoms with E-state index in [1.807, 2.05) is 27.7 Å². The molecule has 1 aromatic rings. The highest BCUT2D eigenvalue weighted by atomic mass is 16.5. The number of nitrogens with zero attached hydrogens (tertiary/aromatic N) is 1. The Bertz CT molecular complexity index is 629. The lowest BCUT2D eigenvalue weighted by atomic mass is 10.1. The van der Waals surface area contributed by atoms with E-state index in [4.69, 9.17) is 9.15 Å². The van der Waals surface area contributed by atoms with Crippen LogP contribution in [0.15, 0.2) is 15.5 Å². The minimum atomic E-state index is -0.438. The Morgan fingerprint density at radius 2 is 1.96 bits per heavy atom. The molecular formula is C17H28N4O4. The lowest BCUT2D eigenvalue weighted by molar-refractivity contribution is -0.121. The van der Waals surface area contributed by atoms with Gasteiger partial charge >= 0.3 is 5.97 Å². The van der Waals surface area contributed by atoms with Gasteiger partial charge in [0.1, 0.15) is 23.6 Å². The molecule has 1 amide bonds. The molecule has 0 aliphatic rings. The molecule has 0 saturated heterocycles. The van der Waals surface area contributed by atoms with Crippen molar-refractivity contribution < 1.29 is 18.7 Å². The van der Waals surface area contributed by atoms with E-state index in [9.17, 15) is 9.59 Å². The summed E-state index contributed by atoms with van der Waals surface area (Å²) in [6.07, 6.45) is 0. The molecule has 0 spiro atoms. The third-order valence-electron chi connectivity index (χ3n) is 3.04. The predicted octanol–water partition coefficient (Wildman–Crippen LogP) is 1.34. The number of nitrogens with one attached hydrogen (secondary N) is 3. The molecule has 1 aromatic heterocycles. The van der Waals surface area contributed by atoms with Crippen LogP contribution < -0.4 is 16.0 Å². The summed E-state index contributed by atoms with van der Waals surface area (Å²) in [6.45, 7) is 10.4. The number of amides is 1. The first-order valence-corrected chi connectivity index (χ1v) is 8.17. The summed E-state index contributed by atoms with van der Waals surface area (Å²) >= 11 is 0. The van der Waals surface area contributed by atoms with Crippen LogP contribution in [0.2, 0.25) is 0 Å². The van der Waals surface area contributed by atoms with Crippen molar-refractivity contribution in [2.24, 2.45) is 4.99 Å². The second-order valence-corrected chi connectivity index (χ2v) is 6.52. The fourth-order valence-electron chi connectivity index (χ4n) is 2.06. The van der Waals surface area contributed by atoms with E-state index in [0.29, 0.717) is 36.1 Å². The number of rotatable bonds is 6. The van der Waals surface area contributed by atoms with Crippen LogP contribution in [0.3, 0.4) is 0 Å². The Kier molecular flexibility index (Phi) is 7.47. The summed E-state index contributed by atoms with van der Waals surface area (Å²) in [6, 6.07) is 1.63. The molecule has 8 heteroatoms. The van der Waals surface area contributed by atoms with Gasteiger partial charge in [-0.1, -0.05) is 0 Å². The van der Waals surface area contributed by atoms with Crippen molar-refractivity contribution in [2.45, 2.75) is 46.7 Å². The van der Waals surface area contributed by atoms with Crippen LogP contribution in [0.25, 0.3) is 0 Å². The monoisotopic (exact) mass is 352 g/mol. The topological polar surface area (TPSA) is 105 Å². The van der Waals surface area contributed by atoms with Gasteiger partial charge in [0.05, 0.1) is 13.7 Å². The van der Waals surface area contributed by atoms with Gasteiger partial charge in [0, 0.05) is 12.1 Å². The summed E-state index contributed by atoms with van der Waals surface area (Å²) < 4.78 is 10.2. The summed E-state index contributed by atoms with van der Waals surface area (Å²) in [5.41, 5.74) is 0.0970. The van der Waals surface area contributed by atoms with Crippen molar-refractivity contribution >= 4 is 17.8 Å². The molecule has 0 atom stereocenters. The molecule has 25 heavy (non-hydrogen) atoms. The van der Waals surface area contributed by atoms with Gasteiger partial charge in [-0.3, -0.25) is 4.79 Å². The number of esters is 1. The number of aryl methyl sites for hydroxylation is 1. The molecule has 140 valence electrons. The zero-order chi connectivity index (χ0) is 19.0. The van der Waals surface area contributed by atoms with Gasteiger partial charge in [0.15, 0.2) is 5.96 Å². The number of carbonyl (C=O) groups is 2. The van der Waals surface area contributed by atoms with Gasteiger partial charge in [-0.15, -0.1) is 0 Å². The predicted molar refractivity (Wildman–Crippen MR) is 95.5 cm³/mol. The average molecular weight is 352 g/mol. The Morgan fingerprint density at radius 1 is 1.28 bits per heavy atom. The lowest BCUT2D eigenvalue weighted by Crippen LogP contribution is -2.43. The van der Waals surface area contributed by atoms with E-state index in [2.05, 4.69) is 20.9 Å². The van der Waals surface area contributed by atoms with E-state index < -0.39 is 5.97 Å².